The number of carbonyl (C=O) groups is 1. The number of carbonyl (C=O) groups excluding carboxylic acids is 1. The third-order valence-electron chi connectivity index (χ3n) is 3.59. The van der Waals surface area contributed by atoms with E-state index in [9.17, 15) is 4.79 Å². The fourth-order valence-electron chi connectivity index (χ4n) is 2.15. The van der Waals surface area contributed by atoms with Crippen LogP contribution in [0.25, 0.3) is 0 Å². The average Bonchev–Trinajstić information content (AvgIpc) is 2.52. The molecule has 0 spiro atoms. The van der Waals surface area contributed by atoms with Crippen molar-refractivity contribution < 1.29 is 4.79 Å². The Morgan fingerprint density at radius 1 is 1.05 bits per heavy atom. The predicted octanol–water partition coefficient (Wildman–Crippen LogP) is 5.66. The van der Waals surface area contributed by atoms with Crippen LogP contribution in [0, 0.1) is 6.92 Å². The maximum absolute atomic E-state index is 11.9. The Hall–Kier alpha value is -1.54. The van der Waals surface area contributed by atoms with Crippen molar-refractivity contribution in [2.24, 2.45) is 0 Å². The van der Waals surface area contributed by atoms with E-state index in [1.807, 2.05) is 23.9 Å². The number of hydrogen-bond donors (Lipinski definition) is 0. The third-order valence-corrected chi connectivity index (χ3v) is 4.65. The number of thioether (sulfide) groups is 1. The molecule has 0 atom stereocenters. The molecule has 0 radical (unpaired) electrons. The summed E-state index contributed by atoms with van der Waals surface area (Å²) in [4.78, 5) is 13.1. The highest BCUT2D eigenvalue weighted by molar-refractivity contribution is 7.98. The van der Waals surface area contributed by atoms with Gasteiger partial charge in [-0.05, 0) is 36.6 Å². The number of ketones is 1. The molecule has 21 heavy (non-hydrogen) atoms. The summed E-state index contributed by atoms with van der Waals surface area (Å²) < 4.78 is 0. The highest BCUT2D eigenvalue weighted by Gasteiger charge is 2.05. The van der Waals surface area contributed by atoms with Crippen LogP contribution < -0.4 is 0 Å². The number of rotatable bonds is 7. The molecule has 0 N–H and O–H groups in total. The van der Waals surface area contributed by atoms with Gasteiger partial charge in [0.1, 0.15) is 0 Å². The molecule has 1 nitrogen and oxygen atoms in total. The van der Waals surface area contributed by atoms with Gasteiger partial charge in [0.15, 0.2) is 5.78 Å². The minimum atomic E-state index is 0.257. The van der Waals surface area contributed by atoms with E-state index in [4.69, 9.17) is 0 Å². The summed E-state index contributed by atoms with van der Waals surface area (Å²) in [5.41, 5.74) is 3.53. The second kappa shape index (κ2) is 8.04. The van der Waals surface area contributed by atoms with Crippen molar-refractivity contribution in [3.8, 4) is 0 Å². The molecule has 0 fully saturated rings. The third kappa shape index (κ3) is 4.75. The molecule has 110 valence electrons. The molecule has 0 saturated carbocycles. The van der Waals surface area contributed by atoms with Crippen LogP contribution in [0.3, 0.4) is 0 Å². The molecule has 2 heteroatoms. The Morgan fingerprint density at radius 2 is 1.76 bits per heavy atom. The van der Waals surface area contributed by atoms with Crippen LogP contribution >= 0.6 is 11.8 Å². The van der Waals surface area contributed by atoms with Crippen LogP contribution in [0.4, 0.5) is 0 Å². The second-order valence-corrected chi connectivity index (χ2v) is 6.32. The topological polar surface area (TPSA) is 17.1 Å². The maximum atomic E-state index is 11.9. The van der Waals surface area contributed by atoms with Crippen molar-refractivity contribution in [3.63, 3.8) is 0 Å². The van der Waals surface area contributed by atoms with E-state index >= 15 is 0 Å². The van der Waals surface area contributed by atoms with Gasteiger partial charge in [0.25, 0.3) is 0 Å². The standard InChI is InChI=1S/C19H22OS/c1-3-4-9-19(20)16-10-12-18(13-11-16)21-14-17-8-6-5-7-15(17)2/h5-8,10-13H,3-4,9,14H2,1-2H3. The molecule has 0 aliphatic carbocycles. The Balaban J connectivity index is 1.93. The van der Waals surface area contributed by atoms with Gasteiger partial charge in [0.2, 0.25) is 0 Å². The molecule has 0 aliphatic heterocycles. The van der Waals surface area contributed by atoms with Crippen molar-refractivity contribution in [3.05, 3.63) is 65.2 Å². The SMILES string of the molecule is CCCCC(=O)c1ccc(SCc2ccccc2C)cc1. The zero-order valence-electron chi connectivity index (χ0n) is 12.8. The van der Waals surface area contributed by atoms with Gasteiger partial charge in [0, 0.05) is 22.6 Å². The summed E-state index contributed by atoms with van der Waals surface area (Å²) in [6.07, 6.45) is 2.70. The van der Waals surface area contributed by atoms with E-state index in [2.05, 4.69) is 50.2 Å². The minimum absolute atomic E-state index is 0.257. The van der Waals surface area contributed by atoms with E-state index < -0.39 is 0 Å². The number of Topliss-reactive ketones (excluding diaryl/α,β-unsaturated/α-hetero) is 1. The van der Waals surface area contributed by atoms with Gasteiger partial charge >= 0.3 is 0 Å². The summed E-state index contributed by atoms with van der Waals surface area (Å²) >= 11 is 1.81. The van der Waals surface area contributed by atoms with Gasteiger partial charge in [0.05, 0.1) is 0 Å². The Morgan fingerprint density at radius 3 is 2.43 bits per heavy atom. The van der Waals surface area contributed by atoms with E-state index in [1.54, 1.807) is 0 Å². The monoisotopic (exact) mass is 298 g/mol. The Bertz CT molecular complexity index is 587. The van der Waals surface area contributed by atoms with Crippen molar-refractivity contribution in [2.75, 3.05) is 0 Å². The first-order valence-corrected chi connectivity index (χ1v) is 8.50. The highest BCUT2D eigenvalue weighted by Crippen LogP contribution is 2.24. The van der Waals surface area contributed by atoms with E-state index in [0.717, 1.165) is 24.2 Å². The lowest BCUT2D eigenvalue weighted by Crippen LogP contribution is -1.98. The first-order chi connectivity index (χ1) is 10.2. The van der Waals surface area contributed by atoms with Crippen LogP contribution in [0.5, 0.6) is 0 Å². The molecule has 2 aromatic carbocycles. The molecule has 0 aliphatic rings. The zero-order valence-corrected chi connectivity index (χ0v) is 13.6. The molecule has 0 unspecified atom stereocenters. The lowest BCUT2D eigenvalue weighted by atomic mass is 10.1. The summed E-state index contributed by atoms with van der Waals surface area (Å²) in [7, 11) is 0. The van der Waals surface area contributed by atoms with Crippen molar-refractivity contribution >= 4 is 17.5 Å². The van der Waals surface area contributed by atoms with Gasteiger partial charge in [-0.2, -0.15) is 0 Å². The fraction of sp³-hybridized carbons (Fsp3) is 0.316. The van der Waals surface area contributed by atoms with Gasteiger partial charge in [-0.1, -0.05) is 49.7 Å². The molecule has 2 aromatic rings. The number of unbranched alkanes of at least 4 members (excludes halogenated alkanes) is 1. The Kier molecular flexibility index (Phi) is 6.06. The lowest BCUT2D eigenvalue weighted by molar-refractivity contribution is 0.0979. The van der Waals surface area contributed by atoms with Crippen LogP contribution in [0.1, 0.15) is 47.7 Å². The van der Waals surface area contributed by atoms with Gasteiger partial charge < -0.3 is 0 Å². The smallest absolute Gasteiger partial charge is 0.162 e. The molecular weight excluding hydrogens is 276 g/mol. The number of aryl methyl sites for hydroxylation is 1. The van der Waals surface area contributed by atoms with Crippen LogP contribution in [0.15, 0.2) is 53.4 Å². The minimum Gasteiger partial charge on any atom is -0.294 e. The zero-order chi connectivity index (χ0) is 15.1. The molecule has 0 saturated heterocycles. The van der Waals surface area contributed by atoms with Gasteiger partial charge in [-0.15, -0.1) is 11.8 Å². The summed E-state index contributed by atoms with van der Waals surface area (Å²) in [6, 6.07) is 16.5. The van der Waals surface area contributed by atoms with Crippen LogP contribution in [-0.2, 0) is 5.75 Å². The molecule has 2 rings (SSSR count). The number of hydrogen-bond acceptors (Lipinski definition) is 2. The summed E-state index contributed by atoms with van der Waals surface area (Å²) in [5, 5.41) is 0. The summed E-state index contributed by atoms with van der Waals surface area (Å²) in [6.45, 7) is 4.25. The normalized spacial score (nSPS) is 10.6. The van der Waals surface area contributed by atoms with Crippen molar-refractivity contribution in [2.45, 2.75) is 43.8 Å². The molecule has 0 bridgehead atoms. The second-order valence-electron chi connectivity index (χ2n) is 5.27. The Labute approximate surface area is 131 Å². The fourth-order valence-corrected chi connectivity index (χ4v) is 3.13. The van der Waals surface area contributed by atoms with E-state index in [0.29, 0.717) is 6.42 Å². The molecule has 0 amide bonds. The molecule has 0 aromatic heterocycles. The average molecular weight is 298 g/mol. The molecular formula is C19H22OS. The maximum Gasteiger partial charge on any atom is 0.162 e. The van der Waals surface area contributed by atoms with Gasteiger partial charge in [-0.25, -0.2) is 0 Å². The van der Waals surface area contributed by atoms with Crippen LogP contribution in [-0.4, -0.2) is 5.78 Å². The molecule has 0 heterocycles. The first-order valence-electron chi connectivity index (χ1n) is 7.51. The summed E-state index contributed by atoms with van der Waals surface area (Å²) in [5.74, 6) is 1.22. The van der Waals surface area contributed by atoms with Gasteiger partial charge in [-0.3, -0.25) is 4.79 Å². The van der Waals surface area contributed by atoms with E-state index in [-0.39, 0.29) is 5.78 Å². The predicted molar refractivity (Wildman–Crippen MR) is 91.0 cm³/mol. The quantitative estimate of drug-likeness (QED) is 0.484. The van der Waals surface area contributed by atoms with E-state index in [1.165, 1.54) is 16.0 Å². The highest BCUT2D eigenvalue weighted by atomic mass is 32.2. The largest absolute Gasteiger partial charge is 0.294 e. The first kappa shape index (κ1) is 15.8. The number of benzene rings is 2. The van der Waals surface area contributed by atoms with Crippen molar-refractivity contribution in [1.82, 2.24) is 0 Å². The van der Waals surface area contributed by atoms with Crippen molar-refractivity contribution in [1.29, 1.82) is 0 Å². The lowest BCUT2D eigenvalue weighted by Gasteiger charge is -2.06. The van der Waals surface area contributed by atoms with Crippen LogP contribution in [0.2, 0.25) is 0 Å².